The molecule has 4 nitrogen and oxygen atoms in total. The van der Waals surface area contributed by atoms with Gasteiger partial charge in [-0.25, -0.2) is 0 Å². The molecule has 0 radical (unpaired) electrons. The van der Waals surface area contributed by atoms with Gasteiger partial charge in [0.1, 0.15) is 0 Å². The molecule has 1 saturated heterocycles. The molecule has 1 aliphatic rings. The quantitative estimate of drug-likeness (QED) is 0.880. The minimum atomic E-state index is 0.0226. The number of nitrogens with zero attached hydrogens (tertiary/aromatic N) is 2. The van der Waals surface area contributed by atoms with Crippen LogP contribution in [0.1, 0.15) is 18.1 Å². The van der Waals surface area contributed by atoms with Gasteiger partial charge >= 0.3 is 0 Å². The van der Waals surface area contributed by atoms with Crippen LogP contribution in [0.4, 0.5) is 0 Å². The van der Waals surface area contributed by atoms with E-state index >= 15 is 0 Å². The second-order valence-electron chi connectivity index (χ2n) is 5.26. The van der Waals surface area contributed by atoms with Crippen molar-refractivity contribution in [3.8, 4) is 0 Å². The monoisotopic (exact) mass is 261 g/mol. The second kappa shape index (κ2) is 6.68. The van der Waals surface area contributed by atoms with Crippen molar-refractivity contribution in [2.24, 2.45) is 0 Å². The van der Waals surface area contributed by atoms with Gasteiger partial charge in [0, 0.05) is 46.2 Å². The van der Waals surface area contributed by atoms with Crippen molar-refractivity contribution in [1.29, 1.82) is 0 Å². The van der Waals surface area contributed by atoms with Crippen molar-refractivity contribution < 1.29 is 4.79 Å². The summed E-state index contributed by atoms with van der Waals surface area (Å²) in [6.07, 6.45) is 0. The average Bonchev–Trinajstić information content (AvgIpc) is 2.40. The number of likely N-dealkylation sites (N-methyl/N-ethyl adjacent to an activating group) is 1. The maximum Gasteiger partial charge on any atom is 0.217 e. The summed E-state index contributed by atoms with van der Waals surface area (Å²) in [6, 6.07) is 8.37. The van der Waals surface area contributed by atoms with Crippen LogP contribution >= 0.6 is 0 Å². The van der Waals surface area contributed by atoms with E-state index in [0.717, 1.165) is 32.7 Å². The Labute approximate surface area is 115 Å². The molecular formula is C15H23N3O. The number of carbonyl (C=O) groups excluding carboxylic acids is 1. The van der Waals surface area contributed by atoms with E-state index < -0.39 is 0 Å². The van der Waals surface area contributed by atoms with Crippen LogP contribution < -0.4 is 5.32 Å². The first-order valence-electron chi connectivity index (χ1n) is 6.87. The highest BCUT2D eigenvalue weighted by atomic mass is 16.1. The van der Waals surface area contributed by atoms with Crippen LogP contribution in [0.2, 0.25) is 0 Å². The molecule has 1 amide bonds. The summed E-state index contributed by atoms with van der Waals surface area (Å²) in [6.45, 7) is 7.66. The number of amides is 1. The summed E-state index contributed by atoms with van der Waals surface area (Å²) in [7, 11) is 2.17. The average molecular weight is 261 g/mol. The Hall–Kier alpha value is -1.39. The van der Waals surface area contributed by atoms with Crippen LogP contribution in [-0.2, 0) is 17.9 Å². The molecule has 0 bridgehead atoms. The minimum Gasteiger partial charge on any atom is -0.352 e. The van der Waals surface area contributed by atoms with E-state index in [1.165, 1.54) is 11.1 Å². The Kier molecular flexibility index (Phi) is 4.93. The normalized spacial score (nSPS) is 17.4. The van der Waals surface area contributed by atoms with Crippen molar-refractivity contribution in [3.05, 3.63) is 35.4 Å². The molecule has 2 rings (SSSR count). The van der Waals surface area contributed by atoms with Gasteiger partial charge in [-0.2, -0.15) is 0 Å². The third kappa shape index (κ3) is 4.33. The molecule has 1 aromatic rings. The van der Waals surface area contributed by atoms with Crippen molar-refractivity contribution in [1.82, 2.24) is 15.1 Å². The molecule has 1 aromatic carbocycles. The summed E-state index contributed by atoms with van der Waals surface area (Å²) in [5.74, 6) is 0.0226. The van der Waals surface area contributed by atoms with E-state index in [1.54, 1.807) is 6.92 Å². The van der Waals surface area contributed by atoms with Gasteiger partial charge in [0.15, 0.2) is 0 Å². The number of benzene rings is 1. The Morgan fingerprint density at radius 3 is 2.42 bits per heavy atom. The minimum absolute atomic E-state index is 0.0226. The Bertz CT molecular complexity index is 425. The maximum absolute atomic E-state index is 11.0. The molecule has 0 unspecified atom stereocenters. The van der Waals surface area contributed by atoms with Crippen LogP contribution in [0, 0.1) is 0 Å². The first kappa shape index (κ1) is 14.0. The lowest BCUT2D eigenvalue weighted by atomic mass is 10.1. The van der Waals surface area contributed by atoms with Gasteiger partial charge in [-0.15, -0.1) is 0 Å². The molecule has 104 valence electrons. The molecule has 1 fully saturated rings. The molecule has 0 atom stereocenters. The van der Waals surface area contributed by atoms with E-state index in [1.807, 2.05) is 6.07 Å². The van der Waals surface area contributed by atoms with E-state index in [0.29, 0.717) is 6.54 Å². The smallest absolute Gasteiger partial charge is 0.217 e. The van der Waals surface area contributed by atoms with Crippen LogP contribution in [0.25, 0.3) is 0 Å². The molecular weight excluding hydrogens is 238 g/mol. The number of nitrogens with one attached hydrogen (secondary N) is 1. The molecule has 0 saturated carbocycles. The Morgan fingerprint density at radius 1 is 1.16 bits per heavy atom. The van der Waals surface area contributed by atoms with Crippen LogP contribution in [0.3, 0.4) is 0 Å². The van der Waals surface area contributed by atoms with Crippen LogP contribution in [0.15, 0.2) is 24.3 Å². The van der Waals surface area contributed by atoms with Gasteiger partial charge in [0.25, 0.3) is 0 Å². The second-order valence-corrected chi connectivity index (χ2v) is 5.26. The predicted molar refractivity (Wildman–Crippen MR) is 76.7 cm³/mol. The van der Waals surface area contributed by atoms with Crippen molar-refractivity contribution >= 4 is 5.91 Å². The lowest BCUT2D eigenvalue weighted by Crippen LogP contribution is -2.44. The van der Waals surface area contributed by atoms with Crippen molar-refractivity contribution in [2.75, 3.05) is 33.2 Å². The topological polar surface area (TPSA) is 35.6 Å². The first-order valence-corrected chi connectivity index (χ1v) is 6.87. The first-order chi connectivity index (χ1) is 9.15. The highest BCUT2D eigenvalue weighted by Crippen LogP contribution is 2.13. The number of hydrogen-bond donors (Lipinski definition) is 1. The number of carbonyl (C=O) groups is 1. The summed E-state index contributed by atoms with van der Waals surface area (Å²) in [5.41, 5.74) is 2.54. The summed E-state index contributed by atoms with van der Waals surface area (Å²) in [4.78, 5) is 15.9. The molecule has 1 aliphatic heterocycles. The summed E-state index contributed by atoms with van der Waals surface area (Å²) in [5, 5.41) is 2.88. The molecule has 1 heterocycles. The molecule has 19 heavy (non-hydrogen) atoms. The molecule has 1 N–H and O–H groups in total. The number of rotatable bonds is 4. The zero-order chi connectivity index (χ0) is 13.7. The van der Waals surface area contributed by atoms with E-state index in [4.69, 9.17) is 0 Å². The predicted octanol–water partition coefficient (Wildman–Crippen LogP) is 1.07. The fourth-order valence-corrected chi connectivity index (χ4v) is 2.35. The summed E-state index contributed by atoms with van der Waals surface area (Å²) >= 11 is 0. The SMILES string of the molecule is CC(=O)NCc1ccccc1CN1CCN(C)CC1. The number of piperazine rings is 1. The fraction of sp³-hybridized carbons (Fsp3) is 0.533. The van der Waals surface area contributed by atoms with Gasteiger partial charge in [-0.3, -0.25) is 9.69 Å². The zero-order valence-electron chi connectivity index (χ0n) is 11.9. The van der Waals surface area contributed by atoms with Crippen molar-refractivity contribution in [3.63, 3.8) is 0 Å². The standard InChI is InChI=1S/C15H23N3O/c1-13(19)16-11-14-5-3-4-6-15(14)12-18-9-7-17(2)8-10-18/h3-6H,7-12H2,1-2H3,(H,16,19). The van der Waals surface area contributed by atoms with Gasteiger partial charge in [-0.1, -0.05) is 24.3 Å². The Morgan fingerprint density at radius 2 is 1.79 bits per heavy atom. The zero-order valence-corrected chi connectivity index (χ0v) is 11.9. The maximum atomic E-state index is 11.0. The molecule has 0 spiro atoms. The Balaban J connectivity index is 1.97. The largest absolute Gasteiger partial charge is 0.352 e. The van der Waals surface area contributed by atoms with Crippen LogP contribution in [-0.4, -0.2) is 48.9 Å². The molecule has 4 heteroatoms. The fourth-order valence-electron chi connectivity index (χ4n) is 2.35. The van der Waals surface area contributed by atoms with E-state index in [9.17, 15) is 4.79 Å². The molecule has 0 aliphatic carbocycles. The third-order valence-electron chi connectivity index (χ3n) is 3.64. The summed E-state index contributed by atoms with van der Waals surface area (Å²) < 4.78 is 0. The highest BCUT2D eigenvalue weighted by molar-refractivity contribution is 5.72. The molecule has 0 aromatic heterocycles. The van der Waals surface area contributed by atoms with Crippen molar-refractivity contribution in [2.45, 2.75) is 20.0 Å². The van der Waals surface area contributed by atoms with Gasteiger partial charge in [0.05, 0.1) is 0 Å². The third-order valence-corrected chi connectivity index (χ3v) is 3.64. The van der Waals surface area contributed by atoms with Gasteiger partial charge in [-0.05, 0) is 18.2 Å². The lowest BCUT2D eigenvalue weighted by Gasteiger charge is -2.32. The van der Waals surface area contributed by atoms with E-state index in [2.05, 4.69) is 40.4 Å². The number of hydrogen-bond acceptors (Lipinski definition) is 3. The highest BCUT2D eigenvalue weighted by Gasteiger charge is 2.15. The van der Waals surface area contributed by atoms with Crippen LogP contribution in [0.5, 0.6) is 0 Å². The van der Waals surface area contributed by atoms with Gasteiger partial charge < -0.3 is 10.2 Å². The van der Waals surface area contributed by atoms with E-state index in [-0.39, 0.29) is 5.91 Å². The lowest BCUT2D eigenvalue weighted by molar-refractivity contribution is -0.119. The van der Waals surface area contributed by atoms with Gasteiger partial charge in [0.2, 0.25) is 5.91 Å².